The minimum absolute atomic E-state index is 0.0506. The number of para-hydroxylation sites is 1. The topological polar surface area (TPSA) is 58.6 Å². The lowest BCUT2D eigenvalue weighted by atomic mass is 9.87. The van der Waals surface area contributed by atoms with Crippen molar-refractivity contribution in [2.75, 3.05) is 37.7 Å². The molecule has 2 atom stereocenters. The summed E-state index contributed by atoms with van der Waals surface area (Å²) in [6.45, 7) is 5.53. The number of benzene rings is 2. The highest BCUT2D eigenvalue weighted by molar-refractivity contribution is 5.89. The largest absolute Gasteiger partial charge is 0.379 e. The molecule has 2 aromatic carbocycles. The van der Waals surface area contributed by atoms with Crippen molar-refractivity contribution >= 4 is 22.6 Å². The van der Waals surface area contributed by atoms with Gasteiger partial charge in [0.2, 0.25) is 5.91 Å². The molecule has 2 aliphatic heterocycles. The van der Waals surface area contributed by atoms with Crippen molar-refractivity contribution < 1.29 is 9.53 Å². The second-order valence-corrected chi connectivity index (χ2v) is 8.47. The number of rotatable bonds is 3. The Kier molecular flexibility index (Phi) is 4.87. The summed E-state index contributed by atoms with van der Waals surface area (Å²) in [7, 11) is 0. The van der Waals surface area contributed by atoms with E-state index in [0.29, 0.717) is 26.2 Å². The zero-order chi connectivity index (χ0) is 20.6. The van der Waals surface area contributed by atoms with E-state index < -0.39 is 0 Å². The second kappa shape index (κ2) is 7.69. The van der Waals surface area contributed by atoms with Crippen LogP contribution in [0.4, 0.5) is 5.82 Å². The molecule has 6 nitrogen and oxygen atoms in total. The van der Waals surface area contributed by atoms with E-state index in [0.717, 1.165) is 35.4 Å². The van der Waals surface area contributed by atoms with Gasteiger partial charge in [-0.25, -0.2) is 9.97 Å². The summed E-state index contributed by atoms with van der Waals surface area (Å²) in [6, 6.07) is 18.4. The summed E-state index contributed by atoms with van der Waals surface area (Å²) < 4.78 is 6.01. The highest BCUT2D eigenvalue weighted by atomic mass is 16.5. The van der Waals surface area contributed by atoms with Crippen molar-refractivity contribution in [3.8, 4) is 0 Å². The Morgan fingerprint density at radius 2 is 1.83 bits per heavy atom. The van der Waals surface area contributed by atoms with Crippen LogP contribution in [-0.4, -0.2) is 53.6 Å². The van der Waals surface area contributed by atoms with Crippen LogP contribution in [0.5, 0.6) is 0 Å². The van der Waals surface area contributed by atoms with Crippen LogP contribution in [0.2, 0.25) is 0 Å². The molecule has 30 heavy (non-hydrogen) atoms. The molecule has 0 aliphatic carbocycles. The van der Waals surface area contributed by atoms with Gasteiger partial charge in [-0.15, -0.1) is 0 Å². The number of anilines is 1. The van der Waals surface area contributed by atoms with Crippen LogP contribution in [0.1, 0.15) is 24.9 Å². The first-order chi connectivity index (χ1) is 14.7. The van der Waals surface area contributed by atoms with Crippen LogP contribution in [0.15, 0.2) is 60.9 Å². The van der Waals surface area contributed by atoms with Crippen molar-refractivity contribution in [1.82, 2.24) is 14.9 Å². The lowest BCUT2D eigenvalue weighted by Crippen LogP contribution is -2.41. The maximum absolute atomic E-state index is 13.1. The lowest BCUT2D eigenvalue weighted by molar-refractivity contribution is -0.129. The number of amides is 1. The summed E-state index contributed by atoms with van der Waals surface area (Å²) >= 11 is 0. The van der Waals surface area contributed by atoms with E-state index in [1.165, 1.54) is 0 Å². The molecule has 0 radical (unpaired) electrons. The average molecular weight is 402 g/mol. The van der Waals surface area contributed by atoms with Gasteiger partial charge in [-0.05, 0) is 24.6 Å². The first-order valence-corrected chi connectivity index (χ1v) is 10.5. The smallest absolute Gasteiger partial charge is 0.223 e. The Labute approximate surface area is 176 Å². The maximum Gasteiger partial charge on any atom is 0.223 e. The van der Waals surface area contributed by atoms with Crippen LogP contribution in [-0.2, 0) is 9.53 Å². The molecule has 3 heterocycles. The predicted octanol–water partition coefficient (Wildman–Crippen LogP) is 3.45. The average Bonchev–Trinajstić information content (AvgIpc) is 2.97. The fourth-order valence-electron chi connectivity index (χ4n) is 4.81. The molecule has 0 bridgehead atoms. The minimum atomic E-state index is -0.233. The monoisotopic (exact) mass is 402 g/mol. The first-order valence-electron chi connectivity index (χ1n) is 10.5. The van der Waals surface area contributed by atoms with E-state index in [2.05, 4.69) is 40.0 Å². The summed E-state index contributed by atoms with van der Waals surface area (Å²) in [5.74, 6) is 1.12. The summed E-state index contributed by atoms with van der Waals surface area (Å²) in [4.78, 5) is 26.4. The van der Waals surface area contributed by atoms with E-state index in [9.17, 15) is 4.79 Å². The molecular formula is C24H26N4O2. The number of hydrogen-bond donors (Lipinski definition) is 0. The van der Waals surface area contributed by atoms with Crippen molar-refractivity contribution in [2.45, 2.75) is 19.4 Å². The molecule has 3 aromatic rings. The van der Waals surface area contributed by atoms with Gasteiger partial charge in [0.25, 0.3) is 0 Å². The molecule has 6 heteroatoms. The van der Waals surface area contributed by atoms with Gasteiger partial charge in [0.05, 0.1) is 24.8 Å². The van der Waals surface area contributed by atoms with E-state index in [1.54, 1.807) is 6.33 Å². The first kappa shape index (κ1) is 19.0. The zero-order valence-corrected chi connectivity index (χ0v) is 17.2. The molecular weight excluding hydrogens is 376 g/mol. The number of ether oxygens (including phenoxy) is 1. The number of carbonyl (C=O) groups is 1. The number of hydrogen-bond acceptors (Lipinski definition) is 5. The van der Waals surface area contributed by atoms with Gasteiger partial charge in [0, 0.05) is 36.9 Å². The second-order valence-electron chi connectivity index (χ2n) is 8.47. The van der Waals surface area contributed by atoms with Gasteiger partial charge in [-0.1, -0.05) is 42.5 Å². The molecule has 0 N–H and O–H groups in total. The SMILES string of the molecule is CC(c1ccccc1)N1CC2(COCCN(c3ncnc4ccccc34)C2)CC1=O. The number of fused-ring (bicyclic) bond motifs is 1. The number of likely N-dealkylation sites (tertiary alicyclic amines) is 1. The Bertz CT molecular complexity index is 1050. The number of aromatic nitrogens is 2. The van der Waals surface area contributed by atoms with Gasteiger partial charge in [0.1, 0.15) is 12.1 Å². The number of carbonyl (C=O) groups excluding carboxylic acids is 1. The molecule has 2 fully saturated rings. The normalized spacial score (nSPS) is 23.2. The molecule has 1 amide bonds. The van der Waals surface area contributed by atoms with E-state index in [1.807, 2.05) is 41.3 Å². The number of nitrogens with zero attached hydrogens (tertiary/aromatic N) is 4. The third-order valence-corrected chi connectivity index (χ3v) is 6.36. The summed E-state index contributed by atoms with van der Waals surface area (Å²) in [5, 5.41) is 1.04. The van der Waals surface area contributed by atoms with Gasteiger partial charge >= 0.3 is 0 Å². The van der Waals surface area contributed by atoms with Gasteiger partial charge in [0.15, 0.2) is 0 Å². The molecule has 2 aliphatic rings. The molecule has 2 unspecified atom stereocenters. The third-order valence-electron chi connectivity index (χ3n) is 6.36. The Hall–Kier alpha value is -2.99. The Morgan fingerprint density at radius 3 is 2.70 bits per heavy atom. The maximum atomic E-state index is 13.1. The van der Waals surface area contributed by atoms with Crippen LogP contribution in [0, 0.1) is 5.41 Å². The summed E-state index contributed by atoms with van der Waals surface area (Å²) in [6.07, 6.45) is 2.13. The molecule has 154 valence electrons. The van der Waals surface area contributed by atoms with Crippen molar-refractivity contribution in [3.63, 3.8) is 0 Å². The van der Waals surface area contributed by atoms with Crippen molar-refractivity contribution in [1.29, 1.82) is 0 Å². The van der Waals surface area contributed by atoms with Crippen LogP contribution >= 0.6 is 0 Å². The lowest BCUT2D eigenvalue weighted by Gasteiger charge is -2.33. The van der Waals surface area contributed by atoms with E-state index >= 15 is 0 Å². The van der Waals surface area contributed by atoms with Crippen molar-refractivity contribution in [2.24, 2.45) is 5.41 Å². The van der Waals surface area contributed by atoms with Gasteiger partial charge in [-0.2, -0.15) is 0 Å². The fourth-order valence-corrected chi connectivity index (χ4v) is 4.81. The third kappa shape index (κ3) is 3.41. The summed E-state index contributed by atoms with van der Waals surface area (Å²) in [5.41, 5.74) is 1.86. The van der Waals surface area contributed by atoms with Crippen molar-refractivity contribution in [3.05, 3.63) is 66.5 Å². The Balaban J connectivity index is 1.44. The van der Waals surface area contributed by atoms with E-state index in [-0.39, 0.29) is 17.4 Å². The van der Waals surface area contributed by atoms with Gasteiger partial charge < -0.3 is 14.5 Å². The molecule has 1 spiro atoms. The standard InChI is InChI=1S/C24H26N4O2/c1-18(19-7-3-2-4-8-19)28-15-24(13-22(28)29)14-27(11-12-30-16-24)23-20-9-5-6-10-21(20)25-17-26-23/h2-10,17-18H,11-16H2,1H3. The van der Waals surface area contributed by atoms with Gasteiger partial charge in [-0.3, -0.25) is 4.79 Å². The minimum Gasteiger partial charge on any atom is -0.379 e. The molecule has 1 aromatic heterocycles. The Morgan fingerprint density at radius 1 is 1.03 bits per heavy atom. The fraction of sp³-hybridized carbons (Fsp3) is 0.375. The molecule has 5 rings (SSSR count). The van der Waals surface area contributed by atoms with Crippen LogP contribution < -0.4 is 4.90 Å². The van der Waals surface area contributed by atoms with Crippen LogP contribution in [0.25, 0.3) is 10.9 Å². The van der Waals surface area contributed by atoms with E-state index in [4.69, 9.17) is 4.74 Å². The molecule has 2 saturated heterocycles. The molecule has 0 saturated carbocycles. The zero-order valence-electron chi connectivity index (χ0n) is 17.2. The predicted molar refractivity (Wildman–Crippen MR) is 116 cm³/mol. The highest BCUT2D eigenvalue weighted by Crippen LogP contribution is 2.39. The highest BCUT2D eigenvalue weighted by Gasteiger charge is 2.47. The van der Waals surface area contributed by atoms with Crippen LogP contribution in [0.3, 0.4) is 0 Å². The quantitative estimate of drug-likeness (QED) is 0.672.